The summed E-state index contributed by atoms with van der Waals surface area (Å²) < 4.78 is 0. The van der Waals surface area contributed by atoms with Crippen molar-refractivity contribution in [2.75, 3.05) is 58.9 Å². The van der Waals surface area contributed by atoms with E-state index in [9.17, 15) is 0 Å². The molecule has 3 N–H and O–H groups in total. The van der Waals surface area contributed by atoms with E-state index in [4.69, 9.17) is 0 Å². The maximum atomic E-state index is 3.55. The van der Waals surface area contributed by atoms with Gasteiger partial charge < -0.3 is 20.9 Å². The van der Waals surface area contributed by atoms with Crippen LogP contribution < -0.4 is 16.0 Å². The lowest BCUT2D eigenvalue weighted by Crippen LogP contribution is -2.33. The smallest absolute Gasteiger partial charge is 0.00767 e. The van der Waals surface area contributed by atoms with Crippen LogP contribution in [0.2, 0.25) is 0 Å². The second kappa shape index (κ2) is 11.6. The Bertz CT molecular complexity index is 181. The molecule has 19 heavy (non-hydrogen) atoms. The second-order valence-electron chi connectivity index (χ2n) is 6.01. The van der Waals surface area contributed by atoms with E-state index in [0.717, 1.165) is 45.2 Å². The van der Waals surface area contributed by atoms with Gasteiger partial charge in [-0.15, -0.1) is 0 Å². The van der Waals surface area contributed by atoms with Gasteiger partial charge in [-0.3, -0.25) is 0 Å². The lowest BCUT2D eigenvalue weighted by Gasteiger charge is -2.24. The van der Waals surface area contributed by atoms with Crippen LogP contribution in [0.15, 0.2) is 0 Å². The van der Waals surface area contributed by atoms with Gasteiger partial charge in [0.15, 0.2) is 0 Å². The Morgan fingerprint density at radius 1 is 0.737 bits per heavy atom. The van der Waals surface area contributed by atoms with Crippen molar-refractivity contribution in [1.29, 1.82) is 0 Å². The molecule has 1 fully saturated rings. The normalized spacial score (nSPS) is 22.9. The van der Waals surface area contributed by atoms with Crippen LogP contribution in [0.5, 0.6) is 0 Å². The fraction of sp³-hybridized carbons (Fsp3) is 1.00. The van der Waals surface area contributed by atoms with Crippen LogP contribution in [0, 0.1) is 5.92 Å². The highest BCUT2D eigenvalue weighted by atomic mass is 15.1. The molecule has 0 radical (unpaired) electrons. The topological polar surface area (TPSA) is 39.3 Å². The van der Waals surface area contributed by atoms with Crippen LogP contribution in [0.25, 0.3) is 0 Å². The fourth-order valence-electron chi connectivity index (χ4n) is 2.56. The molecule has 4 heteroatoms. The van der Waals surface area contributed by atoms with Crippen LogP contribution in [0.1, 0.15) is 33.1 Å². The third-order valence-electron chi connectivity index (χ3n) is 3.46. The molecule has 0 saturated carbocycles. The molecule has 1 aliphatic rings. The standard InChI is InChI=1S/C15H34N4/c1-15(2)14-19-12-4-8-16-6-3-7-17-10-11-18-9-5-13-19/h15-18H,3-14H2,1-2H3. The molecule has 1 saturated heterocycles. The van der Waals surface area contributed by atoms with E-state index in [1.54, 1.807) is 0 Å². The van der Waals surface area contributed by atoms with Crippen LogP contribution >= 0.6 is 0 Å². The van der Waals surface area contributed by atoms with Crippen molar-refractivity contribution in [2.45, 2.75) is 33.1 Å². The SMILES string of the molecule is CC(C)CN1CCCNCCCNCCNCCC1. The lowest BCUT2D eigenvalue weighted by atomic mass is 10.2. The van der Waals surface area contributed by atoms with Crippen LogP contribution in [-0.2, 0) is 0 Å². The van der Waals surface area contributed by atoms with Gasteiger partial charge in [0.25, 0.3) is 0 Å². The molecule has 0 unspecified atom stereocenters. The zero-order valence-electron chi connectivity index (χ0n) is 13.0. The minimum atomic E-state index is 0.771. The number of rotatable bonds is 2. The van der Waals surface area contributed by atoms with Gasteiger partial charge >= 0.3 is 0 Å². The summed E-state index contributed by atoms with van der Waals surface area (Å²) in [7, 11) is 0. The third-order valence-corrected chi connectivity index (χ3v) is 3.46. The Balaban J connectivity index is 2.25. The molecule has 0 spiro atoms. The molecule has 0 aromatic carbocycles. The maximum absolute atomic E-state index is 3.55. The first-order valence-electron chi connectivity index (χ1n) is 8.13. The number of hydrogen-bond donors (Lipinski definition) is 3. The summed E-state index contributed by atoms with van der Waals surface area (Å²) in [4.78, 5) is 2.63. The van der Waals surface area contributed by atoms with Gasteiger partial charge in [0, 0.05) is 19.6 Å². The molecule has 114 valence electrons. The Hall–Kier alpha value is -0.160. The van der Waals surface area contributed by atoms with Crippen molar-refractivity contribution in [3.63, 3.8) is 0 Å². The van der Waals surface area contributed by atoms with Crippen molar-refractivity contribution < 1.29 is 0 Å². The molecule has 0 aromatic heterocycles. The molecule has 1 aliphatic heterocycles. The maximum Gasteiger partial charge on any atom is 0.00767 e. The van der Waals surface area contributed by atoms with Crippen molar-refractivity contribution in [1.82, 2.24) is 20.9 Å². The average Bonchev–Trinajstić information content (AvgIpc) is 2.38. The fourth-order valence-corrected chi connectivity index (χ4v) is 2.56. The van der Waals surface area contributed by atoms with Gasteiger partial charge in [0.2, 0.25) is 0 Å². The highest BCUT2D eigenvalue weighted by molar-refractivity contribution is 4.64. The summed E-state index contributed by atoms with van der Waals surface area (Å²) in [5, 5.41) is 10.5. The van der Waals surface area contributed by atoms with Crippen LogP contribution in [0.4, 0.5) is 0 Å². The van der Waals surface area contributed by atoms with Crippen LogP contribution in [0.3, 0.4) is 0 Å². The third kappa shape index (κ3) is 10.3. The van der Waals surface area contributed by atoms with E-state index >= 15 is 0 Å². The molecule has 0 bridgehead atoms. The second-order valence-corrected chi connectivity index (χ2v) is 6.01. The molecule has 4 nitrogen and oxygen atoms in total. The number of nitrogens with zero attached hydrogens (tertiary/aromatic N) is 1. The summed E-state index contributed by atoms with van der Waals surface area (Å²) in [6.07, 6.45) is 3.77. The average molecular weight is 270 g/mol. The molecule has 0 aliphatic carbocycles. The quantitative estimate of drug-likeness (QED) is 0.697. The molecular weight excluding hydrogens is 236 g/mol. The minimum Gasteiger partial charge on any atom is -0.317 e. The highest BCUT2D eigenvalue weighted by Gasteiger charge is 2.06. The van der Waals surface area contributed by atoms with Crippen LogP contribution in [-0.4, -0.2) is 63.8 Å². The Morgan fingerprint density at radius 3 is 1.74 bits per heavy atom. The monoisotopic (exact) mass is 270 g/mol. The molecule has 0 amide bonds. The molecule has 1 rings (SSSR count). The first-order valence-corrected chi connectivity index (χ1v) is 8.13. The highest BCUT2D eigenvalue weighted by Crippen LogP contribution is 2.01. The van der Waals surface area contributed by atoms with E-state index < -0.39 is 0 Å². The number of hydrogen-bond acceptors (Lipinski definition) is 4. The van der Waals surface area contributed by atoms with E-state index in [0.29, 0.717) is 0 Å². The zero-order chi connectivity index (χ0) is 13.8. The van der Waals surface area contributed by atoms with Crippen molar-refractivity contribution >= 4 is 0 Å². The van der Waals surface area contributed by atoms with E-state index in [-0.39, 0.29) is 0 Å². The summed E-state index contributed by atoms with van der Waals surface area (Å²) >= 11 is 0. The zero-order valence-corrected chi connectivity index (χ0v) is 13.0. The molecular formula is C15H34N4. The Labute approximate surface area is 119 Å². The molecule has 0 atom stereocenters. The Morgan fingerprint density at radius 2 is 1.21 bits per heavy atom. The summed E-state index contributed by atoms with van der Waals surface area (Å²) in [6.45, 7) is 15.1. The van der Waals surface area contributed by atoms with E-state index in [2.05, 4.69) is 34.7 Å². The minimum absolute atomic E-state index is 0.771. The predicted octanol–water partition coefficient (Wildman–Crippen LogP) is 0.897. The summed E-state index contributed by atoms with van der Waals surface area (Å²) in [5.41, 5.74) is 0. The predicted molar refractivity (Wildman–Crippen MR) is 83.7 cm³/mol. The van der Waals surface area contributed by atoms with Crippen molar-refractivity contribution in [3.05, 3.63) is 0 Å². The van der Waals surface area contributed by atoms with Gasteiger partial charge in [0.05, 0.1) is 0 Å². The van der Waals surface area contributed by atoms with E-state index in [1.807, 2.05) is 0 Å². The van der Waals surface area contributed by atoms with Gasteiger partial charge in [-0.2, -0.15) is 0 Å². The summed E-state index contributed by atoms with van der Waals surface area (Å²) in [6, 6.07) is 0. The van der Waals surface area contributed by atoms with Crippen molar-refractivity contribution in [2.24, 2.45) is 5.92 Å². The Kier molecular flexibility index (Phi) is 10.4. The van der Waals surface area contributed by atoms with Gasteiger partial charge in [0.1, 0.15) is 0 Å². The van der Waals surface area contributed by atoms with Crippen molar-refractivity contribution in [3.8, 4) is 0 Å². The molecule has 0 aromatic rings. The van der Waals surface area contributed by atoms with Gasteiger partial charge in [-0.05, 0) is 64.4 Å². The first kappa shape index (κ1) is 16.9. The number of nitrogens with one attached hydrogen (secondary N) is 3. The van der Waals surface area contributed by atoms with Gasteiger partial charge in [-0.25, -0.2) is 0 Å². The first-order chi connectivity index (χ1) is 9.29. The molecule has 1 heterocycles. The van der Waals surface area contributed by atoms with E-state index in [1.165, 1.54) is 38.9 Å². The largest absolute Gasteiger partial charge is 0.317 e. The lowest BCUT2D eigenvalue weighted by molar-refractivity contribution is 0.237. The van der Waals surface area contributed by atoms with Gasteiger partial charge in [-0.1, -0.05) is 13.8 Å². The summed E-state index contributed by atoms with van der Waals surface area (Å²) in [5.74, 6) is 0.771.